The van der Waals surface area contributed by atoms with Crippen molar-refractivity contribution in [2.45, 2.75) is 45.3 Å². The first-order valence-electron chi connectivity index (χ1n) is 7.01. The van der Waals surface area contributed by atoms with E-state index in [-0.39, 0.29) is 0 Å². The normalized spacial score (nSPS) is 18.1. The first-order valence-corrected chi connectivity index (χ1v) is 7.81. The van der Waals surface area contributed by atoms with Crippen molar-refractivity contribution in [1.82, 2.24) is 10.2 Å². The fourth-order valence-corrected chi connectivity index (χ4v) is 2.98. The van der Waals surface area contributed by atoms with Crippen LogP contribution < -0.4 is 5.32 Å². The van der Waals surface area contributed by atoms with E-state index in [1.54, 1.807) is 0 Å². The molecule has 1 aliphatic rings. The number of nitrogens with one attached hydrogen (secondary N) is 1. The first kappa shape index (κ1) is 14.8. The molecular formula is C15H23BrN2O. The Morgan fingerprint density at radius 2 is 2.05 bits per heavy atom. The summed E-state index contributed by atoms with van der Waals surface area (Å²) in [6, 6.07) is 7.00. The Morgan fingerprint density at radius 1 is 1.37 bits per heavy atom. The summed E-state index contributed by atoms with van der Waals surface area (Å²) in [5.74, 6) is 0.356. The lowest BCUT2D eigenvalue weighted by molar-refractivity contribution is 0.160. The number of hydrogen-bond acceptors (Lipinski definition) is 3. The molecule has 1 aromatic rings. The highest BCUT2D eigenvalue weighted by atomic mass is 79.9. The van der Waals surface area contributed by atoms with Crippen molar-refractivity contribution >= 4 is 15.9 Å². The molecule has 0 saturated carbocycles. The largest absolute Gasteiger partial charge is 0.506 e. The van der Waals surface area contributed by atoms with Crippen LogP contribution in [-0.4, -0.2) is 35.2 Å². The average Bonchev–Trinajstić information content (AvgIpc) is 2.41. The molecule has 0 unspecified atom stereocenters. The van der Waals surface area contributed by atoms with E-state index >= 15 is 0 Å². The number of rotatable bonds is 4. The highest BCUT2D eigenvalue weighted by Crippen LogP contribution is 2.27. The number of likely N-dealkylation sites (tertiary alicyclic amines) is 1. The van der Waals surface area contributed by atoms with Crippen LogP contribution in [0.3, 0.4) is 0 Å². The molecule has 1 heterocycles. The maximum absolute atomic E-state index is 9.95. The fourth-order valence-electron chi connectivity index (χ4n) is 2.58. The summed E-state index contributed by atoms with van der Waals surface area (Å²) in [6.45, 7) is 7.58. The van der Waals surface area contributed by atoms with Gasteiger partial charge in [0.2, 0.25) is 0 Å². The number of aromatic hydroxyl groups is 1. The molecule has 0 aliphatic carbocycles. The number of phenolic OH excluding ortho intramolecular Hbond substituents is 1. The summed E-state index contributed by atoms with van der Waals surface area (Å²) < 4.78 is 0.765. The van der Waals surface area contributed by atoms with E-state index in [1.165, 1.54) is 25.9 Å². The Bertz CT molecular complexity index is 415. The van der Waals surface area contributed by atoms with Crippen LogP contribution in [-0.2, 0) is 6.54 Å². The summed E-state index contributed by atoms with van der Waals surface area (Å²) in [4.78, 5) is 2.52. The Kier molecular flexibility index (Phi) is 5.25. The van der Waals surface area contributed by atoms with Crippen LogP contribution in [0.1, 0.15) is 32.3 Å². The molecule has 0 aromatic heterocycles. The minimum atomic E-state index is 0.356. The van der Waals surface area contributed by atoms with E-state index in [0.717, 1.165) is 16.6 Å². The zero-order chi connectivity index (χ0) is 13.8. The van der Waals surface area contributed by atoms with E-state index < -0.39 is 0 Å². The van der Waals surface area contributed by atoms with Gasteiger partial charge in [-0.25, -0.2) is 0 Å². The van der Waals surface area contributed by atoms with Gasteiger partial charge in [0.25, 0.3) is 0 Å². The molecule has 19 heavy (non-hydrogen) atoms. The maximum Gasteiger partial charge on any atom is 0.134 e. The van der Waals surface area contributed by atoms with Gasteiger partial charge < -0.3 is 15.3 Å². The zero-order valence-electron chi connectivity index (χ0n) is 11.7. The second-order valence-corrected chi connectivity index (χ2v) is 6.39. The van der Waals surface area contributed by atoms with E-state index in [0.29, 0.717) is 17.8 Å². The van der Waals surface area contributed by atoms with Gasteiger partial charge in [-0.15, -0.1) is 0 Å². The van der Waals surface area contributed by atoms with Crippen LogP contribution in [0, 0.1) is 0 Å². The molecule has 4 heteroatoms. The van der Waals surface area contributed by atoms with Gasteiger partial charge in [-0.2, -0.15) is 0 Å². The minimum absolute atomic E-state index is 0.356. The number of phenols is 1. The van der Waals surface area contributed by atoms with Crippen LogP contribution in [0.25, 0.3) is 0 Å². The van der Waals surface area contributed by atoms with Gasteiger partial charge in [0.15, 0.2) is 0 Å². The molecule has 1 aliphatic heterocycles. The van der Waals surface area contributed by atoms with Gasteiger partial charge in [-0.05, 0) is 61.8 Å². The smallest absolute Gasteiger partial charge is 0.134 e. The van der Waals surface area contributed by atoms with Crippen molar-refractivity contribution in [1.29, 1.82) is 0 Å². The summed E-state index contributed by atoms with van der Waals surface area (Å²) in [7, 11) is 0. The molecule has 0 bridgehead atoms. The summed E-state index contributed by atoms with van der Waals surface area (Å²) in [5.41, 5.74) is 0.959. The van der Waals surface area contributed by atoms with Crippen molar-refractivity contribution in [3.8, 4) is 5.75 Å². The van der Waals surface area contributed by atoms with Crippen LogP contribution in [0.2, 0.25) is 0 Å². The Balaban J connectivity index is 1.82. The number of benzene rings is 1. The minimum Gasteiger partial charge on any atom is -0.506 e. The third kappa shape index (κ3) is 3.94. The standard InChI is InChI=1S/C15H23BrN2O/c1-11(2)18-8-6-13(7-9-18)17-10-12-4-3-5-14(16)15(12)19/h3-5,11,13,17,19H,6-10H2,1-2H3. The van der Waals surface area contributed by atoms with Gasteiger partial charge in [-0.3, -0.25) is 0 Å². The molecular weight excluding hydrogens is 304 g/mol. The monoisotopic (exact) mass is 326 g/mol. The van der Waals surface area contributed by atoms with Crippen LogP contribution in [0.4, 0.5) is 0 Å². The molecule has 0 atom stereocenters. The molecule has 0 spiro atoms. The second-order valence-electron chi connectivity index (χ2n) is 5.53. The lowest BCUT2D eigenvalue weighted by atomic mass is 10.0. The quantitative estimate of drug-likeness (QED) is 0.892. The van der Waals surface area contributed by atoms with E-state index in [4.69, 9.17) is 0 Å². The van der Waals surface area contributed by atoms with E-state index in [1.807, 2.05) is 18.2 Å². The second kappa shape index (κ2) is 6.73. The highest BCUT2D eigenvalue weighted by molar-refractivity contribution is 9.10. The summed E-state index contributed by atoms with van der Waals surface area (Å²) in [6.07, 6.45) is 2.37. The maximum atomic E-state index is 9.95. The third-order valence-corrected chi connectivity index (χ3v) is 4.55. The predicted molar refractivity (Wildman–Crippen MR) is 82.4 cm³/mol. The van der Waals surface area contributed by atoms with Crippen molar-refractivity contribution in [3.05, 3.63) is 28.2 Å². The molecule has 0 radical (unpaired) electrons. The number of para-hydroxylation sites is 1. The van der Waals surface area contributed by atoms with Gasteiger partial charge >= 0.3 is 0 Å². The van der Waals surface area contributed by atoms with Crippen molar-refractivity contribution in [3.63, 3.8) is 0 Å². The van der Waals surface area contributed by atoms with Gasteiger partial charge in [0.1, 0.15) is 5.75 Å². The van der Waals surface area contributed by atoms with E-state index in [9.17, 15) is 5.11 Å². The SMILES string of the molecule is CC(C)N1CCC(NCc2cccc(Br)c2O)CC1. The molecule has 2 rings (SSSR count). The summed E-state index contributed by atoms with van der Waals surface area (Å²) in [5, 5.41) is 13.5. The summed E-state index contributed by atoms with van der Waals surface area (Å²) >= 11 is 3.35. The van der Waals surface area contributed by atoms with Gasteiger partial charge in [0.05, 0.1) is 4.47 Å². The number of nitrogens with zero attached hydrogens (tertiary/aromatic N) is 1. The average molecular weight is 327 g/mol. The molecule has 1 saturated heterocycles. The number of halogens is 1. The van der Waals surface area contributed by atoms with Crippen molar-refractivity contribution < 1.29 is 5.11 Å². The first-order chi connectivity index (χ1) is 9.08. The molecule has 1 aromatic carbocycles. The molecule has 106 valence electrons. The number of hydrogen-bond donors (Lipinski definition) is 2. The molecule has 2 N–H and O–H groups in total. The number of piperidine rings is 1. The van der Waals surface area contributed by atoms with Crippen LogP contribution >= 0.6 is 15.9 Å². The van der Waals surface area contributed by atoms with Crippen LogP contribution in [0.15, 0.2) is 22.7 Å². The Morgan fingerprint density at radius 3 is 2.68 bits per heavy atom. The van der Waals surface area contributed by atoms with Crippen molar-refractivity contribution in [2.24, 2.45) is 0 Å². The predicted octanol–water partition coefficient (Wildman–Crippen LogP) is 3.12. The lowest BCUT2D eigenvalue weighted by Gasteiger charge is -2.35. The van der Waals surface area contributed by atoms with Crippen LogP contribution in [0.5, 0.6) is 5.75 Å². The molecule has 1 fully saturated rings. The van der Waals surface area contributed by atoms with Gasteiger partial charge in [0, 0.05) is 24.2 Å². The highest BCUT2D eigenvalue weighted by Gasteiger charge is 2.20. The lowest BCUT2D eigenvalue weighted by Crippen LogP contribution is -2.44. The molecule has 0 amide bonds. The van der Waals surface area contributed by atoms with E-state index in [2.05, 4.69) is 40.0 Å². The van der Waals surface area contributed by atoms with Crippen molar-refractivity contribution in [2.75, 3.05) is 13.1 Å². The Hall–Kier alpha value is -0.580. The molecule has 3 nitrogen and oxygen atoms in total. The topological polar surface area (TPSA) is 35.5 Å². The zero-order valence-corrected chi connectivity index (χ0v) is 13.3. The van der Waals surface area contributed by atoms with Gasteiger partial charge in [-0.1, -0.05) is 12.1 Å². The third-order valence-electron chi connectivity index (χ3n) is 3.91. The fraction of sp³-hybridized carbons (Fsp3) is 0.600. The Labute approximate surface area is 124 Å².